The number of carbonyl (C=O) groups excluding carboxylic acids is 1. The minimum atomic E-state index is -0.256. The summed E-state index contributed by atoms with van der Waals surface area (Å²) in [7, 11) is 0. The first kappa shape index (κ1) is 13.5. The number of nitrogens with one attached hydrogen (secondary N) is 1. The molecule has 4 rings (SSSR count). The van der Waals surface area contributed by atoms with Crippen molar-refractivity contribution in [2.24, 2.45) is 0 Å². The molecule has 2 aromatic carbocycles. The second-order valence-electron chi connectivity index (χ2n) is 5.41. The van der Waals surface area contributed by atoms with Gasteiger partial charge in [-0.15, -0.1) is 0 Å². The number of benzene rings is 2. The molecule has 4 nitrogen and oxygen atoms in total. The highest BCUT2D eigenvalue weighted by atomic mass is 16.3. The smallest absolute Gasteiger partial charge is 0.291 e. The number of aryl methyl sites for hydroxylation is 1. The van der Waals surface area contributed by atoms with Crippen molar-refractivity contribution in [3.63, 3.8) is 0 Å². The summed E-state index contributed by atoms with van der Waals surface area (Å²) in [5.74, 6) is 0.0853. The molecular formula is C19H14N2O2. The lowest BCUT2D eigenvalue weighted by Crippen LogP contribution is -2.11. The molecule has 112 valence electrons. The highest BCUT2D eigenvalue weighted by molar-refractivity contribution is 6.11. The number of pyridine rings is 1. The maximum Gasteiger partial charge on any atom is 0.291 e. The predicted octanol–water partition coefficient (Wildman–Crippen LogP) is 4.54. The number of rotatable bonds is 2. The van der Waals surface area contributed by atoms with Crippen LogP contribution < -0.4 is 5.32 Å². The molecule has 0 bridgehead atoms. The molecule has 0 spiro atoms. The number of hydrogen-bond donors (Lipinski definition) is 1. The van der Waals surface area contributed by atoms with Gasteiger partial charge in [0.1, 0.15) is 5.58 Å². The van der Waals surface area contributed by atoms with Crippen molar-refractivity contribution < 1.29 is 9.21 Å². The van der Waals surface area contributed by atoms with Crippen LogP contribution in [-0.2, 0) is 0 Å². The van der Waals surface area contributed by atoms with Crippen molar-refractivity contribution >= 4 is 33.3 Å². The first-order valence-electron chi connectivity index (χ1n) is 7.36. The molecule has 0 aliphatic rings. The summed E-state index contributed by atoms with van der Waals surface area (Å²) in [4.78, 5) is 16.5. The van der Waals surface area contributed by atoms with Gasteiger partial charge in [0.05, 0.1) is 0 Å². The molecule has 0 saturated heterocycles. The third-order valence-electron chi connectivity index (χ3n) is 3.97. The van der Waals surface area contributed by atoms with Crippen LogP contribution in [0.3, 0.4) is 0 Å². The quantitative estimate of drug-likeness (QED) is 0.591. The molecule has 4 heteroatoms. The summed E-state index contributed by atoms with van der Waals surface area (Å²) < 4.78 is 5.92. The Labute approximate surface area is 132 Å². The van der Waals surface area contributed by atoms with Crippen LogP contribution in [0.2, 0.25) is 0 Å². The van der Waals surface area contributed by atoms with Gasteiger partial charge in [-0.05, 0) is 24.4 Å². The van der Waals surface area contributed by atoms with E-state index in [-0.39, 0.29) is 5.91 Å². The van der Waals surface area contributed by atoms with Crippen LogP contribution in [0, 0.1) is 6.92 Å². The molecule has 1 N–H and O–H groups in total. The summed E-state index contributed by atoms with van der Waals surface area (Å²) >= 11 is 0. The molecule has 1 amide bonds. The van der Waals surface area contributed by atoms with E-state index in [4.69, 9.17) is 4.42 Å². The first-order chi connectivity index (χ1) is 11.2. The number of amides is 1. The van der Waals surface area contributed by atoms with Crippen LogP contribution in [0.4, 0.5) is 5.69 Å². The van der Waals surface area contributed by atoms with Gasteiger partial charge in [-0.3, -0.25) is 9.78 Å². The van der Waals surface area contributed by atoms with Crippen molar-refractivity contribution in [1.29, 1.82) is 0 Å². The Bertz CT molecular complexity index is 1020. The average Bonchev–Trinajstić information content (AvgIpc) is 2.93. The fourth-order valence-corrected chi connectivity index (χ4v) is 2.79. The Kier molecular flexibility index (Phi) is 3.08. The number of nitrogens with zero attached hydrogens (tertiary/aromatic N) is 1. The number of hydrogen-bond acceptors (Lipinski definition) is 3. The van der Waals surface area contributed by atoms with E-state index >= 15 is 0 Å². The molecule has 2 heterocycles. The number of anilines is 1. The standard InChI is InChI=1S/C19H14N2O2/c1-12-15-7-6-13-4-2-3-5-16(13)18(15)23-17(12)19(22)21-14-8-10-20-11-9-14/h2-11H,1H3,(H,20,21,22). The minimum absolute atomic E-state index is 0.256. The summed E-state index contributed by atoms with van der Waals surface area (Å²) in [6.07, 6.45) is 3.27. The van der Waals surface area contributed by atoms with Crippen molar-refractivity contribution in [2.45, 2.75) is 6.92 Å². The normalized spacial score (nSPS) is 11.0. The number of fused-ring (bicyclic) bond motifs is 3. The topological polar surface area (TPSA) is 55.1 Å². The Morgan fingerprint density at radius 3 is 2.61 bits per heavy atom. The van der Waals surface area contributed by atoms with Gasteiger partial charge in [0.2, 0.25) is 0 Å². The van der Waals surface area contributed by atoms with E-state index in [2.05, 4.69) is 10.3 Å². The highest BCUT2D eigenvalue weighted by Gasteiger charge is 2.19. The fourth-order valence-electron chi connectivity index (χ4n) is 2.79. The van der Waals surface area contributed by atoms with E-state index in [0.29, 0.717) is 11.4 Å². The third-order valence-corrected chi connectivity index (χ3v) is 3.97. The van der Waals surface area contributed by atoms with Gasteiger partial charge in [0, 0.05) is 34.4 Å². The average molecular weight is 302 g/mol. The van der Waals surface area contributed by atoms with Gasteiger partial charge in [0.25, 0.3) is 5.91 Å². The van der Waals surface area contributed by atoms with E-state index in [0.717, 1.165) is 27.3 Å². The highest BCUT2D eigenvalue weighted by Crippen LogP contribution is 2.32. The van der Waals surface area contributed by atoms with E-state index < -0.39 is 0 Å². The minimum Gasteiger partial charge on any atom is -0.450 e. The molecule has 4 aromatic rings. The SMILES string of the molecule is Cc1c(C(=O)Nc2ccncc2)oc2c1ccc1ccccc12. The third kappa shape index (κ3) is 2.25. The molecule has 2 aromatic heterocycles. The van der Waals surface area contributed by atoms with Crippen LogP contribution in [0.5, 0.6) is 0 Å². The molecule has 0 radical (unpaired) electrons. The van der Waals surface area contributed by atoms with Crippen LogP contribution in [-0.4, -0.2) is 10.9 Å². The summed E-state index contributed by atoms with van der Waals surface area (Å²) in [5, 5.41) is 5.90. The van der Waals surface area contributed by atoms with E-state index in [1.54, 1.807) is 24.5 Å². The first-order valence-corrected chi connectivity index (χ1v) is 7.36. The number of furan rings is 1. The molecule has 0 atom stereocenters. The monoisotopic (exact) mass is 302 g/mol. The zero-order valence-electron chi connectivity index (χ0n) is 12.5. The molecule has 0 saturated carbocycles. The van der Waals surface area contributed by atoms with Crippen LogP contribution >= 0.6 is 0 Å². The second kappa shape index (κ2) is 5.25. The Morgan fingerprint density at radius 1 is 1.00 bits per heavy atom. The number of carbonyl (C=O) groups is 1. The van der Waals surface area contributed by atoms with Gasteiger partial charge in [-0.1, -0.05) is 36.4 Å². The van der Waals surface area contributed by atoms with Crippen molar-refractivity contribution in [3.05, 3.63) is 72.2 Å². The van der Waals surface area contributed by atoms with Crippen LogP contribution in [0.1, 0.15) is 16.1 Å². The molecule has 0 aliphatic carbocycles. The Balaban J connectivity index is 1.83. The van der Waals surface area contributed by atoms with Gasteiger partial charge in [-0.25, -0.2) is 0 Å². The van der Waals surface area contributed by atoms with Crippen molar-refractivity contribution in [2.75, 3.05) is 5.32 Å². The lowest BCUT2D eigenvalue weighted by Gasteiger charge is -2.02. The summed E-state index contributed by atoms with van der Waals surface area (Å²) in [6, 6.07) is 15.5. The van der Waals surface area contributed by atoms with Gasteiger partial charge >= 0.3 is 0 Å². The van der Waals surface area contributed by atoms with Crippen molar-refractivity contribution in [1.82, 2.24) is 4.98 Å². The zero-order chi connectivity index (χ0) is 15.8. The lowest BCUT2D eigenvalue weighted by atomic mass is 10.1. The fraction of sp³-hybridized carbons (Fsp3) is 0.0526. The predicted molar refractivity (Wildman–Crippen MR) is 90.6 cm³/mol. The van der Waals surface area contributed by atoms with Crippen LogP contribution in [0.15, 0.2) is 65.3 Å². The Morgan fingerprint density at radius 2 is 1.78 bits per heavy atom. The largest absolute Gasteiger partial charge is 0.450 e. The molecule has 0 unspecified atom stereocenters. The van der Waals surface area contributed by atoms with Crippen molar-refractivity contribution in [3.8, 4) is 0 Å². The number of aromatic nitrogens is 1. The lowest BCUT2D eigenvalue weighted by molar-refractivity contribution is 0.0998. The maximum absolute atomic E-state index is 12.5. The second-order valence-corrected chi connectivity index (χ2v) is 5.41. The maximum atomic E-state index is 12.5. The Hall–Kier alpha value is -3.14. The van der Waals surface area contributed by atoms with Gasteiger partial charge in [0.15, 0.2) is 5.76 Å². The van der Waals surface area contributed by atoms with Gasteiger partial charge in [-0.2, -0.15) is 0 Å². The zero-order valence-corrected chi connectivity index (χ0v) is 12.5. The van der Waals surface area contributed by atoms with E-state index in [1.165, 1.54) is 0 Å². The van der Waals surface area contributed by atoms with Crippen LogP contribution in [0.25, 0.3) is 21.7 Å². The van der Waals surface area contributed by atoms with Gasteiger partial charge < -0.3 is 9.73 Å². The summed E-state index contributed by atoms with van der Waals surface area (Å²) in [6.45, 7) is 1.90. The molecule has 0 aliphatic heterocycles. The molecule has 23 heavy (non-hydrogen) atoms. The molecule has 0 fully saturated rings. The van der Waals surface area contributed by atoms with E-state index in [1.807, 2.05) is 43.3 Å². The van der Waals surface area contributed by atoms with E-state index in [9.17, 15) is 4.79 Å². The molecular weight excluding hydrogens is 288 g/mol. The summed E-state index contributed by atoms with van der Waals surface area (Å²) in [5.41, 5.74) is 2.28.